The summed E-state index contributed by atoms with van der Waals surface area (Å²) in [6.45, 7) is 1.44. The van der Waals surface area contributed by atoms with E-state index in [9.17, 15) is 4.79 Å². The number of carboxylic acid groups (broad SMARTS) is 1. The van der Waals surface area contributed by atoms with Crippen LogP contribution in [0.2, 0.25) is 5.02 Å². The molecule has 0 aliphatic carbocycles. The van der Waals surface area contributed by atoms with E-state index in [-0.39, 0.29) is 0 Å². The zero-order valence-corrected chi connectivity index (χ0v) is 8.86. The van der Waals surface area contributed by atoms with Crippen LogP contribution in [0.5, 0.6) is 0 Å². The molecule has 15 heavy (non-hydrogen) atoms. The first-order chi connectivity index (χ1) is 7.09. The molecule has 0 bridgehead atoms. The third-order valence-corrected chi connectivity index (χ3v) is 2.07. The van der Waals surface area contributed by atoms with Crippen molar-refractivity contribution >= 4 is 23.8 Å². The fourth-order valence-electron chi connectivity index (χ4n) is 0.880. The Labute approximate surface area is 92.1 Å². The molecule has 0 amide bonds. The standard InChI is InChI=1S/C10H10ClNO3/c1-7-2-3-8(4-9(7)11)5-12-15-6-10(13)14/h2-5H,6H2,1H3,(H,13,14)/b12-5+. The number of oxime groups is 1. The number of hydrogen-bond acceptors (Lipinski definition) is 3. The van der Waals surface area contributed by atoms with Crippen molar-refractivity contribution in [2.45, 2.75) is 6.92 Å². The van der Waals surface area contributed by atoms with Crippen LogP contribution in [0, 0.1) is 6.92 Å². The van der Waals surface area contributed by atoms with Crippen LogP contribution in [0.1, 0.15) is 11.1 Å². The zero-order valence-electron chi connectivity index (χ0n) is 8.11. The molecule has 1 aromatic rings. The van der Waals surface area contributed by atoms with E-state index >= 15 is 0 Å². The van der Waals surface area contributed by atoms with Gasteiger partial charge in [0.1, 0.15) is 0 Å². The van der Waals surface area contributed by atoms with Crippen LogP contribution in [0.4, 0.5) is 0 Å². The van der Waals surface area contributed by atoms with Gasteiger partial charge in [0.2, 0.25) is 6.61 Å². The molecule has 0 spiro atoms. The third kappa shape index (κ3) is 3.99. The van der Waals surface area contributed by atoms with Gasteiger partial charge in [-0.2, -0.15) is 0 Å². The monoisotopic (exact) mass is 227 g/mol. The molecule has 0 aromatic heterocycles. The van der Waals surface area contributed by atoms with Gasteiger partial charge in [-0.05, 0) is 24.1 Å². The molecule has 5 heteroatoms. The third-order valence-electron chi connectivity index (χ3n) is 1.66. The molecular formula is C10H10ClNO3. The highest BCUT2D eigenvalue weighted by molar-refractivity contribution is 6.31. The Morgan fingerprint density at radius 1 is 1.67 bits per heavy atom. The molecule has 1 rings (SSSR count). The molecule has 0 heterocycles. The van der Waals surface area contributed by atoms with Gasteiger partial charge in [0.15, 0.2) is 0 Å². The summed E-state index contributed by atoms with van der Waals surface area (Å²) in [5.74, 6) is -1.06. The first-order valence-corrected chi connectivity index (χ1v) is 4.60. The average Bonchev–Trinajstić information content (AvgIpc) is 2.18. The van der Waals surface area contributed by atoms with Crippen molar-refractivity contribution in [2.75, 3.05) is 6.61 Å². The lowest BCUT2D eigenvalue weighted by atomic mass is 10.2. The van der Waals surface area contributed by atoms with Crippen molar-refractivity contribution in [1.29, 1.82) is 0 Å². The quantitative estimate of drug-likeness (QED) is 0.633. The van der Waals surface area contributed by atoms with E-state index in [2.05, 4.69) is 9.99 Å². The number of hydrogen-bond donors (Lipinski definition) is 1. The van der Waals surface area contributed by atoms with Crippen molar-refractivity contribution in [2.24, 2.45) is 5.16 Å². The van der Waals surface area contributed by atoms with Gasteiger partial charge in [-0.3, -0.25) is 0 Å². The number of aryl methyl sites for hydroxylation is 1. The van der Waals surface area contributed by atoms with Crippen LogP contribution in [-0.4, -0.2) is 23.9 Å². The molecule has 0 aliphatic rings. The second-order valence-corrected chi connectivity index (χ2v) is 3.32. The summed E-state index contributed by atoms with van der Waals surface area (Å²) in [5, 5.41) is 12.4. The molecule has 4 nitrogen and oxygen atoms in total. The minimum atomic E-state index is -1.06. The largest absolute Gasteiger partial charge is 0.479 e. The minimum Gasteiger partial charge on any atom is -0.479 e. The van der Waals surface area contributed by atoms with Gasteiger partial charge in [-0.25, -0.2) is 4.79 Å². The van der Waals surface area contributed by atoms with Crippen LogP contribution < -0.4 is 0 Å². The number of halogens is 1. The van der Waals surface area contributed by atoms with E-state index < -0.39 is 12.6 Å². The van der Waals surface area contributed by atoms with E-state index in [1.165, 1.54) is 6.21 Å². The predicted octanol–water partition coefficient (Wildman–Crippen LogP) is 2.08. The zero-order chi connectivity index (χ0) is 11.3. The van der Waals surface area contributed by atoms with Gasteiger partial charge >= 0.3 is 5.97 Å². The number of rotatable bonds is 4. The summed E-state index contributed by atoms with van der Waals surface area (Å²) in [7, 11) is 0. The molecule has 0 unspecified atom stereocenters. The Hall–Kier alpha value is -1.55. The van der Waals surface area contributed by atoms with Crippen LogP contribution in [0.3, 0.4) is 0 Å². The molecule has 0 aliphatic heterocycles. The van der Waals surface area contributed by atoms with E-state index in [0.29, 0.717) is 5.02 Å². The van der Waals surface area contributed by atoms with Gasteiger partial charge in [-0.15, -0.1) is 0 Å². The molecule has 1 aromatic carbocycles. The molecule has 0 saturated heterocycles. The number of nitrogens with zero attached hydrogens (tertiary/aromatic N) is 1. The molecule has 80 valence electrons. The summed E-state index contributed by atoms with van der Waals surface area (Å²) in [6, 6.07) is 5.39. The molecule has 0 fully saturated rings. The Balaban J connectivity index is 2.57. The van der Waals surface area contributed by atoms with Crippen molar-refractivity contribution in [3.63, 3.8) is 0 Å². The maximum Gasteiger partial charge on any atom is 0.344 e. The highest BCUT2D eigenvalue weighted by atomic mass is 35.5. The first kappa shape index (κ1) is 11.5. The Morgan fingerprint density at radius 2 is 2.40 bits per heavy atom. The average molecular weight is 228 g/mol. The van der Waals surface area contributed by atoms with Gasteiger partial charge < -0.3 is 9.94 Å². The van der Waals surface area contributed by atoms with Crippen LogP contribution in [0.15, 0.2) is 23.4 Å². The summed E-state index contributed by atoms with van der Waals surface area (Å²) in [5.41, 5.74) is 1.73. The highest BCUT2D eigenvalue weighted by Crippen LogP contribution is 2.15. The van der Waals surface area contributed by atoms with E-state index in [1.54, 1.807) is 6.07 Å². The molecule has 1 N–H and O–H groups in total. The Morgan fingerprint density at radius 3 is 3.00 bits per heavy atom. The van der Waals surface area contributed by atoms with Crippen molar-refractivity contribution < 1.29 is 14.7 Å². The first-order valence-electron chi connectivity index (χ1n) is 4.23. The number of carboxylic acids is 1. The smallest absolute Gasteiger partial charge is 0.344 e. The topological polar surface area (TPSA) is 58.9 Å². The van der Waals surface area contributed by atoms with Crippen LogP contribution >= 0.6 is 11.6 Å². The fraction of sp³-hybridized carbons (Fsp3) is 0.200. The summed E-state index contributed by atoms with van der Waals surface area (Å²) in [4.78, 5) is 14.6. The summed E-state index contributed by atoms with van der Waals surface area (Å²) in [6.07, 6.45) is 1.41. The molecule has 0 atom stereocenters. The lowest BCUT2D eigenvalue weighted by Crippen LogP contribution is -2.03. The summed E-state index contributed by atoms with van der Waals surface area (Å²) < 4.78 is 0. The van der Waals surface area contributed by atoms with E-state index in [1.807, 2.05) is 19.1 Å². The minimum absolute atomic E-state index is 0.448. The van der Waals surface area contributed by atoms with Crippen molar-refractivity contribution in [1.82, 2.24) is 0 Å². The second-order valence-electron chi connectivity index (χ2n) is 2.91. The Kier molecular flexibility index (Phi) is 4.12. The van der Waals surface area contributed by atoms with Gasteiger partial charge in [0.05, 0.1) is 6.21 Å². The molecular weight excluding hydrogens is 218 g/mol. The van der Waals surface area contributed by atoms with E-state index in [4.69, 9.17) is 16.7 Å². The van der Waals surface area contributed by atoms with Gasteiger partial charge in [-0.1, -0.05) is 28.9 Å². The number of aliphatic carboxylic acids is 1. The lowest BCUT2D eigenvalue weighted by molar-refractivity contribution is -0.142. The Bertz CT molecular complexity index is 390. The van der Waals surface area contributed by atoms with Crippen molar-refractivity contribution in [3.05, 3.63) is 34.3 Å². The van der Waals surface area contributed by atoms with Crippen LogP contribution in [0.25, 0.3) is 0 Å². The van der Waals surface area contributed by atoms with Crippen molar-refractivity contribution in [3.8, 4) is 0 Å². The maximum absolute atomic E-state index is 10.1. The van der Waals surface area contributed by atoms with Gasteiger partial charge in [0.25, 0.3) is 0 Å². The molecule has 0 saturated carbocycles. The maximum atomic E-state index is 10.1. The number of benzene rings is 1. The fourth-order valence-corrected chi connectivity index (χ4v) is 1.07. The predicted molar refractivity (Wildman–Crippen MR) is 57.4 cm³/mol. The van der Waals surface area contributed by atoms with Crippen LogP contribution in [-0.2, 0) is 9.63 Å². The normalized spacial score (nSPS) is 10.5. The SMILES string of the molecule is Cc1ccc(/C=N/OCC(=O)O)cc1Cl. The summed E-state index contributed by atoms with van der Waals surface area (Å²) >= 11 is 5.88. The highest BCUT2D eigenvalue weighted by Gasteiger charge is 1.96. The number of carbonyl (C=O) groups is 1. The lowest BCUT2D eigenvalue weighted by Gasteiger charge is -1.98. The van der Waals surface area contributed by atoms with Gasteiger partial charge in [0, 0.05) is 5.02 Å². The molecule has 0 radical (unpaired) electrons. The van der Waals surface area contributed by atoms with E-state index in [0.717, 1.165) is 11.1 Å². The second kappa shape index (κ2) is 5.36.